The van der Waals surface area contributed by atoms with Gasteiger partial charge in [0.15, 0.2) is 0 Å². The van der Waals surface area contributed by atoms with Gasteiger partial charge < -0.3 is 9.47 Å². The summed E-state index contributed by atoms with van der Waals surface area (Å²) in [6, 6.07) is 20.2. The van der Waals surface area contributed by atoms with E-state index in [2.05, 4.69) is 0 Å². The summed E-state index contributed by atoms with van der Waals surface area (Å²) in [5.41, 5.74) is 4.12. The van der Waals surface area contributed by atoms with E-state index in [9.17, 15) is 4.79 Å². The maximum Gasteiger partial charge on any atom is 0.338 e. The lowest BCUT2D eigenvalue weighted by atomic mass is 9.97. The van der Waals surface area contributed by atoms with E-state index < -0.39 is 0 Å². The maximum atomic E-state index is 12.3. The number of ether oxygens (including phenoxy) is 2. The van der Waals surface area contributed by atoms with Crippen molar-refractivity contribution < 1.29 is 14.3 Å². The first-order valence-corrected chi connectivity index (χ1v) is 10.3. The standard InChI is InChI=1S/C25H22Cl2O3/c1-4-29-25(28)19-6-5-16(2)23(15-19)24(30-22-13-11-21(27)12-14-22)17(3)18-7-9-20(26)10-8-18/h5-15H,4H2,1-3H3/b24-17-. The molecular weight excluding hydrogens is 419 g/mol. The highest BCUT2D eigenvalue weighted by molar-refractivity contribution is 6.30. The average molecular weight is 441 g/mol. The fourth-order valence-corrected chi connectivity index (χ4v) is 3.25. The minimum absolute atomic E-state index is 0.315. The zero-order valence-electron chi connectivity index (χ0n) is 17.0. The zero-order chi connectivity index (χ0) is 21.7. The van der Waals surface area contributed by atoms with E-state index in [0.717, 1.165) is 22.3 Å². The molecule has 0 saturated carbocycles. The van der Waals surface area contributed by atoms with Gasteiger partial charge in [0.05, 0.1) is 12.2 Å². The lowest BCUT2D eigenvalue weighted by Gasteiger charge is -2.18. The molecule has 0 aliphatic rings. The molecule has 3 nitrogen and oxygen atoms in total. The molecule has 0 bridgehead atoms. The van der Waals surface area contributed by atoms with E-state index in [0.29, 0.717) is 33.7 Å². The number of hydrogen-bond acceptors (Lipinski definition) is 3. The summed E-state index contributed by atoms with van der Waals surface area (Å²) >= 11 is 12.1. The highest BCUT2D eigenvalue weighted by Gasteiger charge is 2.17. The molecule has 3 aromatic carbocycles. The van der Waals surface area contributed by atoms with Crippen LogP contribution in [0.4, 0.5) is 0 Å². The Balaban J connectivity index is 2.15. The van der Waals surface area contributed by atoms with Crippen molar-refractivity contribution in [1.29, 1.82) is 0 Å². The van der Waals surface area contributed by atoms with Crippen molar-refractivity contribution in [2.45, 2.75) is 20.8 Å². The molecule has 0 spiro atoms. The molecule has 3 aromatic rings. The molecule has 0 radical (unpaired) electrons. The number of rotatable bonds is 6. The zero-order valence-corrected chi connectivity index (χ0v) is 18.6. The van der Waals surface area contributed by atoms with Gasteiger partial charge in [-0.05, 0) is 86.0 Å². The van der Waals surface area contributed by atoms with Gasteiger partial charge in [0.2, 0.25) is 0 Å². The highest BCUT2D eigenvalue weighted by atomic mass is 35.5. The Bertz CT molecular complexity index is 1070. The third kappa shape index (κ3) is 5.24. The fourth-order valence-electron chi connectivity index (χ4n) is 2.99. The van der Waals surface area contributed by atoms with Crippen molar-refractivity contribution in [3.63, 3.8) is 0 Å². The van der Waals surface area contributed by atoms with Gasteiger partial charge in [-0.1, -0.05) is 41.4 Å². The topological polar surface area (TPSA) is 35.5 Å². The monoisotopic (exact) mass is 440 g/mol. The number of allylic oxidation sites excluding steroid dienone is 1. The first-order valence-electron chi connectivity index (χ1n) is 9.57. The largest absolute Gasteiger partial charge is 0.462 e. The summed E-state index contributed by atoms with van der Waals surface area (Å²) in [6.45, 7) is 6.05. The number of benzene rings is 3. The third-order valence-corrected chi connectivity index (χ3v) is 5.15. The van der Waals surface area contributed by atoms with E-state index in [1.54, 1.807) is 31.2 Å². The van der Waals surface area contributed by atoms with Crippen molar-refractivity contribution in [2.75, 3.05) is 6.61 Å². The van der Waals surface area contributed by atoms with Crippen molar-refractivity contribution in [3.05, 3.63) is 99.0 Å². The second kappa shape index (κ2) is 9.84. The van der Waals surface area contributed by atoms with Gasteiger partial charge in [-0.15, -0.1) is 0 Å². The van der Waals surface area contributed by atoms with Crippen molar-refractivity contribution >= 4 is 40.5 Å². The minimum Gasteiger partial charge on any atom is -0.462 e. The molecule has 3 rings (SSSR count). The minimum atomic E-state index is -0.367. The van der Waals surface area contributed by atoms with Gasteiger partial charge in [0.25, 0.3) is 0 Å². The number of carbonyl (C=O) groups excluding carboxylic acids is 1. The molecule has 0 fully saturated rings. The van der Waals surface area contributed by atoms with Gasteiger partial charge in [0, 0.05) is 15.6 Å². The first kappa shape index (κ1) is 21.9. The molecule has 0 unspecified atom stereocenters. The molecule has 154 valence electrons. The summed E-state index contributed by atoms with van der Waals surface area (Å²) in [5, 5.41) is 1.29. The smallest absolute Gasteiger partial charge is 0.338 e. The van der Waals surface area contributed by atoms with E-state index in [4.69, 9.17) is 32.7 Å². The molecule has 0 atom stereocenters. The Kier molecular flexibility index (Phi) is 7.20. The summed E-state index contributed by atoms with van der Waals surface area (Å²) in [7, 11) is 0. The maximum absolute atomic E-state index is 12.3. The van der Waals surface area contributed by atoms with Crippen LogP contribution in [0.1, 0.15) is 40.9 Å². The number of carbonyl (C=O) groups is 1. The Morgan fingerprint density at radius 3 is 2.03 bits per heavy atom. The highest BCUT2D eigenvalue weighted by Crippen LogP contribution is 2.32. The van der Waals surface area contributed by atoms with E-state index >= 15 is 0 Å². The Morgan fingerprint density at radius 1 is 0.867 bits per heavy atom. The molecule has 0 aliphatic heterocycles. The second-order valence-electron chi connectivity index (χ2n) is 6.77. The van der Waals surface area contributed by atoms with Crippen LogP contribution >= 0.6 is 23.2 Å². The molecule has 30 heavy (non-hydrogen) atoms. The molecule has 0 heterocycles. The third-order valence-electron chi connectivity index (χ3n) is 4.64. The van der Waals surface area contributed by atoms with Crippen LogP contribution in [0.5, 0.6) is 5.75 Å². The number of halogens is 2. The van der Waals surface area contributed by atoms with Crippen LogP contribution in [0.2, 0.25) is 10.0 Å². The van der Waals surface area contributed by atoms with Crippen LogP contribution in [0.3, 0.4) is 0 Å². The van der Waals surface area contributed by atoms with Crippen LogP contribution in [0, 0.1) is 6.92 Å². The number of aryl methyl sites for hydroxylation is 1. The van der Waals surface area contributed by atoms with Crippen LogP contribution < -0.4 is 4.74 Å². The lowest BCUT2D eigenvalue weighted by molar-refractivity contribution is 0.0526. The van der Waals surface area contributed by atoms with Gasteiger partial charge >= 0.3 is 5.97 Å². The molecule has 5 heteroatoms. The van der Waals surface area contributed by atoms with E-state index in [1.807, 2.05) is 56.3 Å². The number of esters is 1. The molecule has 0 amide bonds. The van der Waals surface area contributed by atoms with Gasteiger partial charge in [-0.2, -0.15) is 0 Å². The summed E-state index contributed by atoms with van der Waals surface area (Å²) < 4.78 is 11.5. The Morgan fingerprint density at radius 2 is 1.43 bits per heavy atom. The van der Waals surface area contributed by atoms with E-state index in [1.165, 1.54) is 0 Å². The van der Waals surface area contributed by atoms with Crippen LogP contribution in [-0.2, 0) is 4.74 Å². The summed E-state index contributed by atoms with van der Waals surface area (Å²) in [6.07, 6.45) is 0. The predicted molar refractivity (Wildman–Crippen MR) is 123 cm³/mol. The van der Waals surface area contributed by atoms with Crippen LogP contribution in [0.25, 0.3) is 11.3 Å². The SMILES string of the molecule is CCOC(=O)c1ccc(C)c(/C(Oc2ccc(Cl)cc2)=C(\C)c2ccc(Cl)cc2)c1. The summed E-state index contributed by atoms with van der Waals surface area (Å²) in [4.78, 5) is 12.3. The number of hydrogen-bond donors (Lipinski definition) is 0. The molecule has 0 saturated heterocycles. The molecule has 0 N–H and O–H groups in total. The quantitative estimate of drug-likeness (QED) is 0.226. The van der Waals surface area contributed by atoms with Crippen molar-refractivity contribution in [2.24, 2.45) is 0 Å². The average Bonchev–Trinajstić information content (AvgIpc) is 2.74. The predicted octanol–water partition coefficient (Wildman–Crippen LogP) is 7.45. The summed E-state index contributed by atoms with van der Waals surface area (Å²) in [5.74, 6) is 0.917. The van der Waals surface area contributed by atoms with Crippen LogP contribution in [-0.4, -0.2) is 12.6 Å². The fraction of sp³-hybridized carbons (Fsp3) is 0.160. The van der Waals surface area contributed by atoms with E-state index in [-0.39, 0.29) is 5.97 Å². The Labute approximate surface area is 186 Å². The van der Waals surface area contributed by atoms with Crippen molar-refractivity contribution in [3.8, 4) is 5.75 Å². The van der Waals surface area contributed by atoms with Gasteiger partial charge in [-0.25, -0.2) is 4.79 Å². The first-order chi connectivity index (χ1) is 14.4. The lowest BCUT2D eigenvalue weighted by Crippen LogP contribution is -2.07. The molecule has 0 aromatic heterocycles. The van der Waals surface area contributed by atoms with Crippen molar-refractivity contribution in [1.82, 2.24) is 0 Å². The normalized spacial score (nSPS) is 11.6. The second-order valence-corrected chi connectivity index (χ2v) is 7.64. The van der Waals surface area contributed by atoms with Gasteiger partial charge in [0.1, 0.15) is 11.5 Å². The van der Waals surface area contributed by atoms with Crippen LogP contribution in [0.15, 0.2) is 66.7 Å². The molecular formula is C25H22Cl2O3. The van der Waals surface area contributed by atoms with Gasteiger partial charge in [-0.3, -0.25) is 0 Å². The Hall–Kier alpha value is -2.75. The molecule has 0 aliphatic carbocycles.